The Kier molecular flexibility index (Phi) is 4.07. The van der Waals surface area contributed by atoms with Gasteiger partial charge in [0.25, 0.3) is 5.91 Å². The van der Waals surface area contributed by atoms with Crippen LogP contribution in [0.15, 0.2) is 29.4 Å². The molecule has 0 aliphatic carbocycles. The third kappa shape index (κ3) is 2.93. The molecule has 1 saturated heterocycles. The third-order valence-electron chi connectivity index (χ3n) is 4.72. The molecule has 2 aliphatic rings. The van der Waals surface area contributed by atoms with Gasteiger partial charge in [0.1, 0.15) is 0 Å². The normalized spacial score (nSPS) is 24.0. The molecule has 0 saturated carbocycles. The van der Waals surface area contributed by atoms with Gasteiger partial charge in [-0.05, 0) is 44.5 Å². The number of hydrogen-bond acceptors (Lipinski definition) is 4. The van der Waals surface area contributed by atoms with Crippen LogP contribution in [0.25, 0.3) is 0 Å². The molecule has 23 heavy (non-hydrogen) atoms. The maximum atomic E-state index is 12.6. The van der Waals surface area contributed by atoms with Crippen molar-refractivity contribution in [1.82, 2.24) is 4.90 Å². The maximum absolute atomic E-state index is 12.6. The maximum Gasteiger partial charge on any atom is 0.308 e. The number of carboxylic acids is 1. The van der Waals surface area contributed by atoms with E-state index in [-0.39, 0.29) is 11.9 Å². The highest BCUT2D eigenvalue weighted by Gasteiger charge is 2.38. The van der Waals surface area contributed by atoms with Crippen molar-refractivity contribution in [3.05, 3.63) is 29.8 Å². The van der Waals surface area contributed by atoms with Crippen molar-refractivity contribution >= 4 is 23.3 Å². The van der Waals surface area contributed by atoms with E-state index >= 15 is 0 Å². The van der Waals surface area contributed by atoms with E-state index in [0.29, 0.717) is 18.5 Å². The van der Waals surface area contributed by atoms with Gasteiger partial charge < -0.3 is 10.0 Å². The lowest BCUT2D eigenvalue weighted by Crippen LogP contribution is -2.37. The molecule has 6 nitrogen and oxygen atoms in total. The first-order chi connectivity index (χ1) is 11.0. The third-order valence-corrected chi connectivity index (χ3v) is 4.72. The fraction of sp³-hybridized carbons (Fsp3) is 0.471. The number of aliphatic carboxylic acids is 1. The molecule has 2 aliphatic heterocycles. The number of rotatable bonds is 3. The summed E-state index contributed by atoms with van der Waals surface area (Å²) >= 11 is 0. The van der Waals surface area contributed by atoms with Gasteiger partial charge in [-0.3, -0.25) is 14.6 Å². The Morgan fingerprint density at radius 2 is 1.91 bits per heavy atom. The minimum atomic E-state index is -0.828. The van der Waals surface area contributed by atoms with Crippen molar-refractivity contribution in [3.8, 4) is 0 Å². The smallest absolute Gasteiger partial charge is 0.308 e. The molecule has 0 aromatic heterocycles. The predicted molar refractivity (Wildman–Crippen MR) is 87.8 cm³/mol. The van der Waals surface area contributed by atoms with Gasteiger partial charge in [-0.15, -0.1) is 0 Å². The van der Waals surface area contributed by atoms with Gasteiger partial charge in [-0.1, -0.05) is 0 Å². The van der Waals surface area contributed by atoms with Crippen LogP contribution in [0.1, 0.15) is 37.0 Å². The van der Waals surface area contributed by atoms with Crippen molar-refractivity contribution < 1.29 is 14.7 Å². The number of anilines is 1. The summed E-state index contributed by atoms with van der Waals surface area (Å²) in [5.41, 5.74) is 2.67. The molecule has 2 heterocycles. The number of benzene rings is 1. The fourth-order valence-electron chi connectivity index (χ4n) is 3.26. The van der Waals surface area contributed by atoms with E-state index in [4.69, 9.17) is 0 Å². The molecule has 2 unspecified atom stereocenters. The summed E-state index contributed by atoms with van der Waals surface area (Å²) in [6.07, 6.45) is 1.48. The van der Waals surface area contributed by atoms with E-state index in [2.05, 4.69) is 5.10 Å². The molecule has 0 spiro atoms. The monoisotopic (exact) mass is 315 g/mol. The Morgan fingerprint density at radius 3 is 2.43 bits per heavy atom. The zero-order valence-corrected chi connectivity index (χ0v) is 13.4. The minimum absolute atomic E-state index is 0.103. The quantitative estimate of drug-likeness (QED) is 0.928. The highest BCUT2D eigenvalue weighted by Crippen LogP contribution is 2.27. The summed E-state index contributed by atoms with van der Waals surface area (Å²) in [5, 5.41) is 15.6. The van der Waals surface area contributed by atoms with E-state index in [1.807, 2.05) is 24.1 Å². The van der Waals surface area contributed by atoms with E-state index in [9.17, 15) is 14.7 Å². The Hall–Kier alpha value is -2.37. The van der Waals surface area contributed by atoms with Crippen LogP contribution in [0.2, 0.25) is 0 Å². The second-order valence-electron chi connectivity index (χ2n) is 6.23. The molecule has 1 N–H and O–H groups in total. The number of carbonyl (C=O) groups excluding carboxylic acids is 1. The lowest BCUT2D eigenvalue weighted by Gasteiger charge is -2.23. The van der Waals surface area contributed by atoms with Gasteiger partial charge in [0.2, 0.25) is 0 Å². The molecule has 1 amide bonds. The second-order valence-corrected chi connectivity index (χ2v) is 6.23. The van der Waals surface area contributed by atoms with Gasteiger partial charge in [-0.2, -0.15) is 5.10 Å². The van der Waals surface area contributed by atoms with Crippen LogP contribution in [0.3, 0.4) is 0 Å². The standard InChI is InChI=1S/C17H21N3O3/c1-11-7-10-20(18-11)14-5-3-13(4-6-14)16(21)19-9-8-15(12(19)2)17(22)23/h3-6,12,15H,7-10H2,1-2H3,(H,22,23). The summed E-state index contributed by atoms with van der Waals surface area (Å²) in [6.45, 7) is 5.17. The number of amides is 1. The minimum Gasteiger partial charge on any atom is -0.481 e. The Morgan fingerprint density at radius 1 is 1.22 bits per heavy atom. The highest BCUT2D eigenvalue weighted by molar-refractivity contribution is 5.95. The molecular formula is C17H21N3O3. The first-order valence-corrected chi connectivity index (χ1v) is 7.93. The number of hydrogen-bond donors (Lipinski definition) is 1. The predicted octanol–water partition coefficient (Wildman–Crippen LogP) is 2.21. The molecule has 0 radical (unpaired) electrons. The van der Waals surface area contributed by atoms with Gasteiger partial charge in [-0.25, -0.2) is 0 Å². The molecule has 1 aromatic rings. The molecular weight excluding hydrogens is 294 g/mol. The molecule has 1 aromatic carbocycles. The Labute approximate surface area is 135 Å². The topological polar surface area (TPSA) is 73.2 Å². The SMILES string of the molecule is CC1=NN(c2ccc(C(=O)N3CCC(C(=O)O)C3C)cc2)CC1. The molecule has 0 bridgehead atoms. The highest BCUT2D eigenvalue weighted by atomic mass is 16.4. The van der Waals surface area contributed by atoms with Gasteiger partial charge in [0.15, 0.2) is 0 Å². The molecule has 6 heteroatoms. The van der Waals surface area contributed by atoms with Crippen LogP contribution >= 0.6 is 0 Å². The van der Waals surface area contributed by atoms with E-state index in [1.165, 1.54) is 0 Å². The Balaban J connectivity index is 1.72. The largest absolute Gasteiger partial charge is 0.481 e. The average Bonchev–Trinajstić information content (AvgIpc) is 3.13. The zero-order valence-electron chi connectivity index (χ0n) is 13.4. The van der Waals surface area contributed by atoms with Gasteiger partial charge in [0.05, 0.1) is 11.6 Å². The number of carbonyl (C=O) groups is 2. The van der Waals surface area contributed by atoms with Gasteiger partial charge >= 0.3 is 5.97 Å². The van der Waals surface area contributed by atoms with Crippen LogP contribution in [0.5, 0.6) is 0 Å². The van der Waals surface area contributed by atoms with Crippen LogP contribution in [-0.2, 0) is 4.79 Å². The molecule has 3 rings (SSSR count). The summed E-state index contributed by atoms with van der Waals surface area (Å²) < 4.78 is 0. The van der Waals surface area contributed by atoms with Crippen molar-refractivity contribution in [2.45, 2.75) is 32.7 Å². The number of likely N-dealkylation sites (tertiary alicyclic amines) is 1. The lowest BCUT2D eigenvalue weighted by atomic mass is 10.0. The lowest BCUT2D eigenvalue weighted by molar-refractivity contribution is -0.142. The van der Waals surface area contributed by atoms with Crippen molar-refractivity contribution in [1.29, 1.82) is 0 Å². The first kappa shape index (κ1) is 15.5. The summed E-state index contributed by atoms with van der Waals surface area (Å²) in [5.74, 6) is -1.40. The van der Waals surface area contributed by atoms with Crippen molar-refractivity contribution in [3.63, 3.8) is 0 Å². The number of hydrazone groups is 1. The van der Waals surface area contributed by atoms with Crippen molar-refractivity contribution in [2.75, 3.05) is 18.1 Å². The summed E-state index contributed by atoms with van der Waals surface area (Å²) in [6, 6.07) is 7.10. The summed E-state index contributed by atoms with van der Waals surface area (Å²) in [4.78, 5) is 25.4. The average molecular weight is 315 g/mol. The van der Waals surface area contributed by atoms with Crippen LogP contribution in [0, 0.1) is 5.92 Å². The van der Waals surface area contributed by atoms with Crippen molar-refractivity contribution in [2.24, 2.45) is 11.0 Å². The first-order valence-electron chi connectivity index (χ1n) is 7.93. The summed E-state index contributed by atoms with van der Waals surface area (Å²) in [7, 11) is 0. The van der Waals surface area contributed by atoms with Gasteiger partial charge in [0, 0.05) is 36.8 Å². The molecule has 1 fully saturated rings. The Bertz CT molecular complexity index is 654. The second kappa shape index (κ2) is 6.02. The molecule has 122 valence electrons. The zero-order chi connectivity index (χ0) is 16.6. The van der Waals surface area contributed by atoms with E-state index in [1.54, 1.807) is 24.0 Å². The van der Waals surface area contributed by atoms with E-state index in [0.717, 1.165) is 24.4 Å². The fourth-order valence-corrected chi connectivity index (χ4v) is 3.26. The molecule has 2 atom stereocenters. The van der Waals surface area contributed by atoms with Crippen LogP contribution in [0.4, 0.5) is 5.69 Å². The van der Waals surface area contributed by atoms with Crippen LogP contribution < -0.4 is 5.01 Å². The number of carboxylic acid groups (broad SMARTS) is 1. The van der Waals surface area contributed by atoms with E-state index < -0.39 is 11.9 Å². The van der Waals surface area contributed by atoms with Crippen LogP contribution in [-0.4, -0.2) is 46.7 Å². The number of nitrogens with zero attached hydrogens (tertiary/aromatic N) is 3.